The van der Waals surface area contributed by atoms with Crippen molar-refractivity contribution in [3.8, 4) is 6.07 Å². The number of carbonyl (C=O) groups excluding carboxylic acids is 1. The first-order valence-electron chi connectivity index (χ1n) is 10.0. The summed E-state index contributed by atoms with van der Waals surface area (Å²) in [6.45, 7) is 0. The molecule has 0 amide bonds. The molecule has 2 aromatic carbocycles. The van der Waals surface area contributed by atoms with Gasteiger partial charge in [-0.05, 0) is 30.5 Å². The number of hydrogen-bond acceptors (Lipinski definition) is 6. The number of nitriles is 1. The number of allylic oxidation sites excluding steroid dienone is 3. The standard InChI is InChI=1S/C23H17F3N4O3/c24-23(25,26)17-8-2-1-7-15(17)20-16(12-27)22(28)29(18-9-4-10-19(31)21(18)20)13-5-3-6-14(11-13)30(32)33/h1-3,5-8,11,20H,4,9-10,28H2. The maximum atomic E-state index is 13.8. The van der Waals surface area contributed by atoms with Crippen molar-refractivity contribution >= 4 is 17.2 Å². The topological polar surface area (TPSA) is 113 Å². The number of benzene rings is 2. The molecule has 2 aromatic rings. The van der Waals surface area contributed by atoms with E-state index in [-0.39, 0.29) is 46.1 Å². The average Bonchev–Trinajstić information content (AvgIpc) is 2.78. The summed E-state index contributed by atoms with van der Waals surface area (Å²) in [6, 6.07) is 12.2. The predicted molar refractivity (Wildman–Crippen MR) is 112 cm³/mol. The number of nitrogens with zero attached hydrogens (tertiary/aromatic N) is 3. The molecule has 10 heteroatoms. The zero-order valence-corrected chi connectivity index (χ0v) is 17.1. The number of anilines is 1. The van der Waals surface area contributed by atoms with Crippen molar-refractivity contribution in [1.82, 2.24) is 0 Å². The minimum Gasteiger partial charge on any atom is -0.384 e. The van der Waals surface area contributed by atoms with Gasteiger partial charge in [-0.3, -0.25) is 19.8 Å². The average molecular weight is 454 g/mol. The maximum Gasteiger partial charge on any atom is 0.416 e. The van der Waals surface area contributed by atoms with Crippen LogP contribution in [0.2, 0.25) is 0 Å². The van der Waals surface area contributed by atoms with Crippen LogP contribution in [0.1, 0.15) is 36.3 Å². The monoisotopic (exact) mass is 454 g/mol. The van der Waals surface area contributed by atoms with Gasteiger partial charge in [0, 0.05) is 29.8 Å². The van der Waals surface area contributed by atoms with Crippen molar-refractivity contribution in [3.63, 3.8) is 0 Å². The Labute approximate surface area is 186 Å². The van der Waals surface area contributed by atoms with Gasteiger partial charge in [-0.1, -0.05) is 24.3 Å². The number of rotatable bonds is 3. The molecule has 0 spiro atoms. The lowest BCUT2D eigenvalue weighted by Crippen LogP contribution is -2.39. The molecule has 4 rings (SSSR count). The third kappa shape index (κ3) is 3.71. The molecule has 1 atom stereocenters. The number of nitro groups is 1. The first-order chi connectivity index (χ1) is 15.6. The van der Waals surface area contributed by atoms with E-state index in [1.807, 2.05) is 6.07 Å². The van der Waals surface area contributed by atoms with E-state index in [2.05, 4.69) is 0 Å². The Morgan fingerprint density at radius 1 is 1.15 bits per heavy atom. The fourth-order valence-electron chi connectivity index (χ4n) is 4.44. The van der Waals surface area contributed by atoms with Crippen molar-refractivity contribution in [2.75, 3.05) is 4.90 Å². The van der Waals surface area contributed by atoms with Gasteiger partial charge in [-0.15, -0.1) is 0 Å². The molecule has 1 aliphatic carbocycles. The molecule has 168 valence electrons. The van der Waals surface area contributed by atoms with Crippen molar-refractivity contribution in [2.24, 2.45) is 5.73 Å². The first-order valence-corrected chi connectivity index (χ1v) is 10.0. The van der Waals surface area contributed by atoms with Crippen LogP contribution < -0.4 is 10.6 Å². The Balaban J connectivity index is 2.01. The van der Waals surface area contributed by atoms with Crippen LogP contribution in [-0.4, -0.2) is 10.7 Å². The lowest BCUT2D eigenvalue weighted by atomic mass is 9.74. The molecule has 1 aliphatic heterocycles. The zero-order chi connectivity index (χ0) is 23.9. The number of nitro benzene ring substituents is 1. The van der Waals surface area contributed by atoms with Crippen molar-refractivity contribution in [1.29, 1.82) is 5.26 Å². The first kappa shape index (κ1) is 22.1. The van der Waals surface area contributed by atoms with Gasteiger partial charge >= 0.3 is 6.18 Å². The highest BCUT2D eigenvalue weighted by Crippen LogP contribution is 2.49. The number of halogens is 3. The van der Waals surface area contributed by atoms with E-state index in [1.54, 1.807) is 0 Å². The Hall–Kier alpha value is -4.13. The van der Waals surface area contributed by atoms with E-state index < -0.39 is 22.6 Å². The molecule has 0 saturated heterocycles. The molecular formula is C23H17F3N4O3. The Bertz CT molecular complexity index is 1270. The summed E-state index contributed by atoms with van der Waals surface area (Å²) < 4.78 is 41.4. The fourth-order valence-corrected chi connectivity index (χ4v) is 4.44. The van der Waals surface area contributed by atoms with Crippen LogP contribution >= 0.6 is 0 Å². The Kier molecular flexibility index (Phi) is 5.41. The van der Waals surface area contributed by atoms with Gasteiger partial charge in [0.25, 0.3) is 5.69 Å². The Morgan fingerprint density at radius 2 is 1.88 bits per heavy atom. The summed E-state index contributed by atoms with van der Waals surface area (Å²) in [5.74, 6) is -1.83. The molecule has 0 saturated carbocycles. The van der Waals surface area contributed by atoms with Crippen molar-refractivity contribution in [2.45, 2.75) is 31.4 Å². The zero-order valence-electron chi connectivity index (χ0n) is 17.1. The molecule has 0 radical (unpaired) electrons. The fraction of sp³-hybridized carbons (Fsp3) is 0.217. The van der Waals surface area contributed by atoms with Gasteiger partial charge in [0.05, 0.1) is 33.7 Å². The van der Waals surface area contributed by atoms with Gasteiger partial charge in [-0.2, -0.15) is 18.4 Å². The summed E-state index contributed by atoms with van der Waals surface area (Å²) in [7, 11) is 0. The quantitative estimate of drug-likeness (QED) is 0.520. The van der Waals surface area contributed by atoms with Gasteiger partial charge in [0.15, 0.2) is 5.78 Å². The van der Waals surface area contributed by atoms with Crippen LogP contribution in [0.4, 0.5) is 24.5 Å². The number of non-ortho nitro benzene ring substituents is 1. The second-order valence-electron chi connectivity index (χ2n) is 7.68. The van der Waals surface area contributed by atoms with Gasteiger partial charge < -0.3 is 5.73 Å². The van der Waals surface area contributed by atoms with Crippen LogP contribution in [0.3, 0.4) is 0 Å². The highest BCUT2D eigenvalue weighted by molar-refractivity contribution is 6.01. The third-order valence-corrected chi connectivity index (χ3v) is 5.79. The van der Waals surface area contributed by atoms with E-state index in [4.69, 9.17) is 5.73 Å². The molecule has 2 aliphatic rings. The SMILES string of the molecule is N#CC1=C(N)N(c2cccc([N+](=O)[O-])c2)C2=C(C(=O)CCC2)C1c1ccccc1C(F)(F)F. The largest absolute Gasteiger partial charge is 0.416 e. The van der Waals surface area contributed by atoms with Crippen LogP contribution in [0.15, 0.2) is 71.2 Å². The van der Waals surface area contributed by atoms with Crippen LogP contribution in [-0.2, 0) is 11.0 Å². The van der Waals surface area contributed by atoms with Crippen LogP contribution in [0.25, 0.3) is 0 Å². The molecule has 0 aromatic heterocycles. The van der Waals surface area contributed by atoms with Gasteiger partial charge in [-0.25, -0.2) is 0 Å². The molecule has 0 fully saturated rings. The number of hydrogen-bond donors (Lipinski definition) is 1. The number of carbonyl (C=O) groups is 1. The maximum absolute atomic E-state index is 13.8. The van der Waals surface area contributed by atoms with Crippen molar-refractivity contribution in [3.05, 3.63) is 92.4 Å². The van der Waals surface area contributed by atoms with E-state index >= 15 is 0 Å². The summed E-state index contributed by atoms with van der Waals surface area (Å²) in [6.07, 6.45) is -3.84. The van der Waals surface area contributed by atoms with Crippen molar-refractivity contribution < 1.29 is 22.9 Å². The highest BCUT2D eigenvalue weighted by atomic mass is 19.4. The third-order valence-electron chi connectivity index (χ3n) is 5.79. The molecule has 1 heterocycles. The van der Waals surface area contributed by atoms with E-state index in [0.29, 0.717) is 18.5 Å². The predicted octanol–water partition coefficient (Wildman–Crippen LogP) is 4.92. The Morgan fingerprint density at radius 3 is 2.55 bits per heavy atom. The smallest absolute Gasteiger partial charge is 0.384 e. The highest BCUT2D eigenvalue weighted by Gasteiger charge is 2.44. The lowest BCUT2D eigenvalue weighted by Gasteiger charge is -2.40. The van der Waals surface area contributed by atoms with Crippen LogP contribution in [0, 0.1) is 21.4 Å². The van der Waals surface area contributed by atoms with Gasteiger partial charge in [0.2, 0.25) is 0 Å². The molecule has 1 unspecified atom stereocenters. The second kappa shape index (κ2) is 8.09. The van der Waals surface area contributed by atoms with Gasteiger partial charge in [0.1, 0.15) is 5.82 Å². The number of alkyl halides is 3. The molecule has 2 N–H and O–H groups in total. The number of ketones is 1. The van der Waals surface area contributed by atoms with Crippen LogP contribution in [0.5, 0.6) is 0 Å². The number of nitrogens with two attached hydrogens (primary N) is 1. The molecule has 33 heavy (non-hydrogen) atoms. The van der Waals surface area contributed by atoms with E-state index in [9.17, 15) is 33.3 Å². The molecule has 7 nitrogen and oxygen atoms in total. The minimum atomic E-state index is -4.71. The summed E-state index contributed by atoms with van der Waals surface area (Å²) in [4.78, 5) is 25.1. The second-order valence-corrected chi connectivity index (χ2v) is 7.68. The normalized spacial score (nSPS) is 18.8. The summed E-state index contributed by atoms with van der Waals surface area (Å²) in [5, 5.41) is 21.2. The molecule has 0 bridgehead atoms. The molecular weight excluding hydrogens is 437 g/mol. The van der Waals surface area contributed by atoms with E-state index in [0.717, 1.165) is 6.07 Å². The summed E-state index contributed by atoms with van der Waals surface area (Å²) >= 11 is 0. The lowest BCUT2D eigenvalue weighted by molar-refractivity contribution is -0.384. The summed E-state index contributed by atoms with van der Waals surface area (Å²) in [5.41, 5.74) is 5.35. The van der Waals surface area contributed by atoms with E-state index in [1.165, 1.54) is 47.4 Å². The number of Topliss-reactive ketones (excluding diaryl/α,β-unsaturated/α-hetero) is 1. The minimum absolute atomic E-state index is 0.0650.